The van der Waals surface area contributed by atoms with Crippen molar-refractivity contribution in [3.05, 3.63) is 60.0 Å². The molecule has 0 spiro atoms. The minimum Gasteiger partial charge on any atom is -0.497 e. The van der Waals surface area contributed by atoms with Crippen molar-refractivity contribution in [3.63, 3.8) is 0 Å². The summed E-state index contributed by atoms with van der Waals surface area (Å²) in [7, 11) is 2.96. The van der Waals surface area contributed by atoms with Gasteiger partial charge in [-0.3, -0.25) is 0 Å². The second kappa shape index (κ2) is 7.48. The highest BCUT2D eigenvalue weighted by Gasteiger charge is 2.10. The highest BCUT2D eigenvalue weighted by molar-refractivity contribution is 5.90. The fourth-order valence-electron chi connectivity index (χ4n) is 2.23. The second-order valence-electron chi connectivity index (χ2n) is 5.16. The van der Waals surface area contributed by atoms with E-state index in [0.29, 0.717) is 23.9 Å². The molecular formula is C18H17N3O4. The van der Waals surface area contributed by atoms with E-state index >= 15 is 0 Å². The molecule has 0 atom stereocenters. The number of hydrogen-bond acceptors (Lipinski definition) is 7. The van der Waals surface area contributed by atoms with Gasteiger partial charge in [-0.25, -0.2) is 4.79 Å². The first-order valence-electron chi connectivity index (χ1n) is 7.58. The number of ether oxygens (including phenoxy) is 2. The van der Waals surface area contributed by atoms with Crippen molar-refractivity contribution < 1.29 is 18.7 Å². The highest BCUT2D eigenvalue weighted by Crippen LogP contribution is 2.21. The summed E-state index contributed by atoms with van der Waals surface area (Å²) in [5.41, 5.74) is 2.04. The molecule has 3 rings (SSSR count). The summed E-state index contributed by atoms with van der Waals surface area (Å²) >= 11 is 0. The van der Waals surface area contributed by atoms with E-state index in [0.717, 1.165) is 17.0 Å². The molecule has 0 aliphatic carbocycles. The van der Waals surface area contributed by atoms with Crippen LogP contribution >= 0.6 is 0 Å². The van der Waals surface area contributed by atoms with Crippen LogP contribution in [-0.4, -0.2) is 30.4 Å². The van der Waals surface area contributed by atoms with Gasteiger partial charge in [0.2, 0.25) is 11.8 Å². The zero-order valence-electron chi connectivity index (χ0n) is 13.9. The lowest BCUT2D eigenvalue weighted by Crippen LogP contribution is -2.04. The lowest BCUT2D eigenvalue weighted by molar-refractivity contribution is 0.0601. The topological polar surface area (TPSA) is 86.5 Å². The third-order valence-corrected chi connectivity index (χ3v) is 3.53. The Morgan fingerprint density at radius 2 is 1.92 bits per heavy atom. The molecule has 1 aromatic heterocycles. The third kappa shape index (κ3) is 3.95. The smallest absolute Gasteiger partial charge is 0.337 e. The maximum absolute atomic E-state index is 11.5. The second-order valence-corrected chi connectivity index (χ2v) is 5.16. The molecule has 0 bridgehead atoms. The number of hydrogen-bond donors (Lipinski definition) is 1. The molecule has 0 saturated carbocycles. The summed E-state index contributed by atoms with van der Waals surface area (Å²) in [6.07, 6.45) is 0. The van der Waals surface area contributed by atoms with Gasteiger partial charge in [-0.2, -0.15) is 0 Å². The number of nitrogens with one attached hydrogen (secondary N) is 1. The van der Waals surface area contributed by atoms with Crippen LogP contribution in [0.5, 0.6) is 5.75 Å². The number of carbonyl (C=O) groups excluding carboxylic acids is 1. The monoisotopic (exact) mass is 339 g/mol. The number of carbonyl (C=O) groups is 1. The van der Waals surface area contributed by atoms with Crippen LogP contribution in [0.3, 0.4) is 0 Å². The van der Waals surface area contributed by atoms with Crippen LogP contribution in [0.25, 0.3) is 11.5 Å². The van der Waals surface area contributed by atoms with Crippen molar-refractivity contribution in [3.8, 4) is 17.2 Å². The minimum absolute atomic E-state index is 0.341. The van der Waals surface area contributed by atoms with E-state index in [9.17, 15) is 4.79 Å². The van der Waals surface area contributed by atoms with Crippen molar-refractivity contribution in [2.24, 2.45) is 0 Å². The normalized spacial score (nSPS) is 10.3. The van der Waals surface area contributed by atoms with E-state index in [1.807, 2.05) is 30.3 Å². The molecule has 0 aliphatic rings. The largest absolute Gasteiger partial charge is 0.497 e. The summed E-state index contributed by atoms with van der Waals surface area (Å²) in [6.45, 7) is 0.341. The summed E-state index contributed by atoms with van der Waals surface area (Å²) in [4.78, 5) is 11.5. The summed E-state index contributed by atoms with van der Waals surface area (Å²) in [5, 5.41) is 11.2. The Morgan fingerprint density at radius 1 is 1.12 bits per heavy atom. The van der Waals surface area contributed by atoms with Gasteiger partial charge in [0.1, 0.15) is 5.75 Å². The van der Waals surface area contributed by atoms with E-state index in [-0.39, 0.29) is 5.97 Å². The van der Waals surface area contributed by atoms with Crippen molar-refractivity contribution in [2.45, 2.75) is 6.54 Å². The Morgan fingerprint density at radius 3 is 2.64 bits per heavy atom. The molecule has 1 heterocycles. The van der Waals surface area contributed by atoms with E-state index < -0.39 is 0 Å². The molecule has 3 aromatic rings. The van der Waals surface area contributed by atoms with Crippen LogP contribution in [0.2, 0.25) is 0 Å². The average Bonchev–Trinajstić information content (AvgIpc) is 3.15. The Bertz CT molecular complexity index is 859. The minimum atomic E-state index is -0.386. The average molecular weight is 339 g/mol. The summed E-state index contributed by atoms with van der Waals surface area (Å²) < 4.78 is 15.5. The van der Waals surface area contributed by atoms with Gasteiger partial charge < -0.3 is 19.2 Å². The van der Waals surface area contributed by atoms with E-state index in [1.54, 1.807) is 25.3 Å². The zero-order valence-corrected chi connectivity index (χ0v) is 13.9. The number of anilines is 1. The molecule has 0 amide bonds. The molecule has 7 nitrogen and oxygen atoms in total. The molecular weight excluding hydrogens is 322 g/mol. The van der Waals surface area contributed by atoms with Crippen molar-refractivity contribution in [1.29, 1.82) is 0 Å². The molecule has 7 heteroatoms. The van der Waals surface area contributed by atoms with Crippen molar-refractivity contribution in [2.75, 3.05) is 19.5 Å². The molecule has 0 unspecified atom stereocenters. The van der Waals surface area contributed by atoms with Gasteiger partial charge in [-0.05, 0) is 42.5 Å². The van der Waals surface area contributed by atoms with E-state index in [4.69, 9.17) is 13.9 Å². The molecule has 128 valence electrons. The summed E-state index contributed by atoms with van der Waals surface area (Å²) in [5.74, 6) is 1.25. The first-order chi connectivity index (χ1) is 12.2. The van der Waals surface area contributed by atoms with Gasteiger partial charge >= 0.3 is 5.97 Å². The molecule has 0 aliphatic heterocycles. The predicted octanol–water partition coefficient (Wildman–Crippen LogP) is 3.14. The van der Waals surface area contributed by atoms with Crippen LogP contribution in [0.4, 0.5) is 5.69 Å². The Hall–Kier alpha value is -3.35. The van der Waals surface area contributed by atoms with Gasteiger partial charge in [0.05, 0.1) is 26.3 Å². The molecule has 0 radical (unpaired) electrons. The number of methoxy groups -OCH3 is 2. The third-order valence-electron chi connectivity index (χ3n) is 3.53. The number of aromatic nitrogens is 2. The standard InChI is InChI=1S/C18H17N3O4/c1-23-15-8-6-12(7-9-15)17-21-20-16(25-17)11-19-14-5-3-4-13(10-14)18(22)24-2/h3-10,19H,11H2,1-2H3. The molecule has 1 N–H and O–H groups in total. The number of benzene rings is 2. The summed E-state index contributed by atoms with van der Waals surface area (Å²) in [6, 6.07) is 14.4. The van der Waals surface area contributed by atoms with Crippen molar-refractivity contribution in [1.82, 2.24) is 10.2 Å². The van der Waals surface area contributed by atoms with Crippen LogP contribution in [0.15, 0.2) is 52.9 Å². The van der Waals surface area contributed by atoms with Crippen LogP contribution in [-0.2, 0) is 11.3 Å². The SMILES string of the molecule is COC(=O)c1cccc(NCc2nnc(-c3ccc(OC)cc3)o2)c1. The lowest BCUT2D eigenvalue weighted by atomic mass is 10.2. The highest BCUT2D eigenvalue weighted by atomic mass is 16.5. The van der Waals surface area contributed by atoms with E-state index in [2.05, 4.69) is 15.5 Å². The van der Waals surface area contributed by atoms with Gasteiger partial charge in [0.15, 0.2) is 0 Å². The fourth-order valence-corrected chi connectivity index (χ4v) is 2.23. The van der Waals surface area contributed by atoms with E-state index in [1.165, 1.54) is 7.11 Å². The fraction of sp³-hybridized carbons (Fsp3) is 0.167. The Labute approximate surface area is 144 Å². The van der Waals surface area contributed by atoms with Gasteiger partial charge in [-0.15, -0.1) is 10.2 Å². The maximum atomic E-state index is 11.5. The van der Waals surface area contributed by atoms with Crippen LogP contribution in [0.1, 0.15) is 16.2 Å². The molecule has 0 fully saturated rings. The number of rotatable bonds is 6. The first-order valence-corrected chi connectivity index (χ1v) is 7.58. The maximum Gasteiger partial charge on any atom is 0.337 e. The molecule has 2 aromatic carbocycles. The van der Waals surface area contributed by atoms with Crippen molar-refractivity contribution >= 4 is 11.7 Å². The zero-order chi connectivity index (χ0) is 17.6. The lowest BCUT2D eigenvalue weighted by Gasteiger charge is -2.05. The number of esters is 1. The quantitative estimate of drug-likeness (QED) is 0.690. The first kappa shape index (κ1) is 16.5. The van der Waals surface area contributed by atoms with Gasteiger partial charge in [0, 0.05) is 11.3 Å². The predicted molar refractivity (Wildman–Crippen MR) is 91.4 cm³/mol. The Balaban J connectivity index is 1.66. The Kier molecular flexibility index (Phi) is 4.94. The van der Waals surface area contributed by atoms with Crippen LogP contribution in [0, 0.1) is 0 Å². The van der Waals surface area contributed by atoms with Gasteiger partial charge in [-0.1, -0.05) is 6.07 Å². The number of nitrogens with zero attached hydrogens (tertiary/aromatic N) is 2. The molecule has 0 saturated heterocycles. The van der Waals surface area contributed by atoms with Gasteiger partial charge in [0.25, 0.3) is 0 Å². The molecule has 25 heavy (non-hydrogen) atoms. The van der Waals surface area contributed by atoms with Crippen LogP contribution < -0.4 is 10.1 Å².